The highest BCUT2D eigenvalue weighted by molar-refractivity contribution is 6.37. The number of amides is 1. The first kappa shape index (κ1) is 18.1. The third-order valence-electron chi connectivity index (χ3n) is 3.06. The molecule has 0 radical (unpaired) electrons. The molecule has 1 heterocycles. The summed E-state index contributed by atoms with van der Waals surface area (Å²) in [5.41, 5.74) is 0.507. The van der Waals surface area contributed by atoms with Crippen LogP contribution in [0.25, 0.3) is 6.08 Å². The van der Waals surface area contributed by atoms with E-state index >= 15 is 0 Å². The Morgan fingerprint density at radius 1 is 1.25 bits per heavy atom. The van der Waals surface area contributed by atoms with E-state index in [2.05, 4.69) is 5.32 Å². The number of halogens is 2. The van der Waals surface area contributed by atoms with Crippen molar-refractivity contribution in [2.75, 3.05) is 0 Å². The highest BCUT2D eigenvalue weighted by Gasteiger charge is 2.16. The Kier molecular flexibility index (Phi) is 6.46. The number of hydrogen-bond donors (Lipinski definition) is 1. The number of rotatable bonds is 6. The van der Waals surface area contributed by atoms with E-state index in [0.29, 0.717) is 21.4 Å². The number of esters is 1. The molecular formula is C17H15Cl2NO4. The van der Waals surface area contributed by atoms with Crippen LogP contribution in [-0.2, 0) is 20.9 Å². The molecule has 5 nitrogen and oxygen atoms in total. The molecule has 1 aromatic heterocycles. The van der Waals surface area contributed by atoms with Gasteiger partial charge in [0.1, 0.15) is 5.76 Å². The van der Waals surface area contributed by atoms with Gasteiger partial charge in [0.15, 0.2) is 6.10 Å². The summed E-state index contributed by atoms with van der Waals surface area (Å²) in [6, 6.07) is 8.46. The van der Waals surface area contributed by atoms with Crippen LogP contribution in [0.5, 0.6) is 0 Å². The number of hydrogen-bond acceptors (Lipinski definition) is 4. The van der Waals surface area contributed by atoms with Crippen molar-refractivity contribution in [1.82, 2.24) is 5.32 Å². The molecule has 1 N–H and O–H groups in total. The number of nitrogens with one attached hydrogen (secondary N) is 1. The van der Waals surface area contributed by atoms with E-state index in [1.54, 1.807) is 30.3 Å². The molecule has 1 atom stereocenters. The van der Waals surface area contributed by atoms with E-state index in [1.165, 1.54) is 25.3 Å². The Morgan fingerprint density at radius 3 is 2.58 bits per heavy atom. The summed E-state index contributed by atoms with van der Waals surface area (Å²) in [4.78, 5) is 23.7. The lowest BCUT2D eigenvalue weighted by Crippen LogP contribution is -2.35. The largest absolute Gasteiger partial charge is 0.467 e. The molecule has 2 aromatic rings. The van der Waals surface area contributed by atoms with E-state index in [1.807, 2.05) is 0 Å². The van der Waals surface area contributed by atoms with Gasteiger partial charge in [0, 0.05) is 21.7 Å². The van der Waals surface area contributed by atoms with Crippen molar-refractivity contribution in [2.24, 2.45) is 0 Å². The molecule has 0 aliphatic rings. The van der Waals surface area contributed by atoms with Gasteiger partial charge in [0.05, 0.1) is 12.8 Å². The van der Waals surface area contributed by atoms with Crippen molar-refractivity contribution in [2.45, 2.75) is 19.6 Å². The normalized spacial score (nSPS) is 12.1. The molecule has 126 valence electrons. The maximum Gasteiger partial charge on any atom is 0.331 e. The predicted octanol–water partition coefficient (Wildman–Crippen LogP) is 3.85. The van der Waals surface area contributed by atoms with Crippen molar-refractivity contribution < 1.29 is 18.7 Å². The fraction of sp³-hybridized carbons (Fsp3) is 0.176. The summed E-state index contributed by atoms with van der Waals surface area (Å²) in [5, 5.41) is 3.43. The third-order valence-corrected chi connectivity index (χ3v) is 3.72. The molecule has 1 amide bonds. The minimum Gasteiger partial charge on any atom is -0.467 e. The molecular weight excluding hydrogens is 353 g/mol. The number of carbonyl (C=O) groups excluding carboxylic acids is 2. The first-order valence-electron chi connectivity index (χ1n) is 7.10. The molecule has 0 unspecified atom stereocenters. The summed E-state index contributed by atoms with van der Waals surface area (Å²) < 4.78 is 10.1. The molecule has 0 bridgehead atoms. The quantitative estimate of drug-likeness (QED) is 0.621. The number of ether oxygens (including phenoxy) is 1. The Balaban J connectivity index is 1.86. The van der Waals surface area contributed by atoms with E-state index in [-0.39, 0.29) is 6.54 Å². The zero-order valence-corrected chi connectivity index (χ0v) is 14.3. The van der Waals surface area contributed by atoms with Gasteiger partial charge in [-0.25, -0.2) is 4.79 Å². The van der Waals surface area contributed by atoms with Gasteiger partial charge in [-0.05, 0) is 37.3 Å². The minimum atomic E-state index is -0.946. The van der Waals surface area contributed by atoms with Crippen LogP contribution in [0.15, 0.2) is 47.1 Å². The molecule has 7 heteroatoms. The van der Waals surface area contributed by atoms with Gasteiger partial charge in [0.25, 0.3) is 5.91 Å². The van der Waals surface area contributed by atoms with Gasteiger partial charge in [-0.15, -0.1) is 0 Å². The summed E-state index contributed by atoms with van der Waals surface area (Å²) in [6.07, 6.45) is 3.18. The maximum atomic E-state index is 11.9. The molecule has 0 aliphatic heterocycles. The summed E-state index contributed by atoms with van der Waals surface area (Å²) >= 11 is 12.0. The molecule has 2 rings (SSSR count). The van der Waals surface area contributed by atoms with Crippen LogP contribution < -0.4 is 5.32 Å². The predicted molar refractivity (Wildman–Crippen MR) is 91.6 cm³/mol. The van der Waals surface area contributed by atoms with Gasteiger partial charge < -0.3 is 14.5 Å². The lowest BCUT2D eigenvalue weighted by atomic mass is 10.2. The van der Waals surface area contributed by atoms with Gasteiger partial charge in [-0.2, -0.15) is 0 Å². The lowest BCUT2D eigenvalue weighted by Gasteiger charge is -2.11. The maximum absolute atomic E-state index is 11.9. The van der Waals surface area contributed by atoms with Gasteiger partial charge in [-0.3, -0.25) is 4.79 Å². The number of benzene rings is 1. The van der Waals surface area contributed by atoms with Crippen molar-refractivity contribution >= 4 is 41.2 Å². The van der Waals surface area contributed by atoms with E-state index in [9.17, 15) is 9.59 Å². The van der Waals surface area contributed by atoms with Crippen molar-refractivity contribution in [3.8, 4) is 0 Å². The van der Waals surface area contributed by atoms with Crippen LogP contribution in [-0.4, -0.2) is 18.0 Å². The van der Waals surface area contributed by atoms with Crippen LogP contribution in [0.3, 0.4) is 0 Å². The highest BCUT2D eigenvalue weighted by Crippen LogP contribution is 2.25. The lowest BCUT2D eigenvalue weighted by molar-refractivity contribution is -0.150. The van der Waals surface area contributed by atoms with Crippen LogP contribution in [0.1, 0.15) is 18.2 Å². The van der Waals surface area contributed by atoms with Crippen LogP contribution in [0, 0.1) is 0 Å². The topological polar surface area (TPSA) is 68.5 Å². The molecule has 0 spiro atoms. The third kappa shape index (κ3) is 5.15. The molecule has 24 heavy (non-hydrogen) atoms. The summed E-state index contributed by atoms with van der Waals surface area (Å²) in [5.74, 6) is -0.495. The number of furan rings is 1. The first-order chi connectivity index (χ1) is 11.5. The van der Waals surface area contributed by atoms with Crippen molar-refractivity contribution in [1.29, 1.82) is 0 Å². The SMILES string of the molecule is C[C@H](OC(=O)/C=C/c1c(Cl)cccc1Cl)C(=O)NCc1ccco1. The van der Waals surface area contributed by atoms with Gasteiger partial charge in [0.2, 0.25) is 0 Å². The number of carbonyl (C=O) groups is 2. The Labute approximate surface area is 149 Å². The Morgan fingerprint density at radius 2 is 1.96 bits per heavy atom. The second-order valence-electron chi connectivity index (χ2n) is 4.84. The second-order valence-corrected chi connectivity index (χ2v) is 5.66. The summed E-state index contributed by atoms with van der Waals surface area (Å²) in [7, 11) is 0. The first-order valence-corrected chi connectivity index (χ1v) is 7.85. The minimum absolute atomic E-state index is 0.221. The zero-order chi connectivity index (χ0) is 17.5. The smallest absolute Gasteiger partial charge is 0.331 e. The molecule has 0 saturated carbocycles. The molecule has 0 fully saturated rings. The monoisotopic (exact) mass is 367 g/mol. The Bertz CT molecular complexity index is 721. The standard InChI is InChI=1S/C17H15Cl2NO4/c1-11(17(22)20-10-12-4-3-9-23-12)24-16(21)8-7-13-14(18)5-2-6-15(13)19/h2-9,11H,10H2,1H3,(H,20,22)/b8-7+/t11-/m0/s1. The molecule has 0 saturated heterocycles. The average molecular weight is 368 g/mol. The molecule has 1 aromatic carbocycles. The van der Waals surface area contributed by atoms with E-state index in [0.717, 1.165) is 0 Å². The van der Waals surface area contributed by atoms with E-state index in [4.69, 9.17) is 32.4 Å². The van der Waals surface area contributed by atoms with Crippen LogP contribution >= 0.6 is 23.2 Å². The van der Waals surface area contributed by atoms with Crippen molar-refractivity contribution in [3.05, 3.63) is 64.0 Å². The molecule has 0 aliphatic carbocycles. The van der Waals surface area contributed by atoms with Gasteiger partial charge >= 0.3 is 5.97 Å². The summed E-state index contributed by atoms with van der Waals surface area (Å²) in [6.45, 7) is 1.70. The highest BCUT2D eigenvalue weighted by atomic mass is 35.5. The van der Waals surface area contributed by atoms with Crippen LogP contribution in [0.4, 0.5) is 0 Å². The Hall–Kier alpha value is -2.24. The fourth-order valence-corrected chi connectivity index (χ4v) is 2.34. The van der Waals surface area contributed by atoms with E-state index < -0.39 is 18.0 Å². The van der Waals surface area contributed by atoms with Gasteiger partial charge in [-0.1, -0.05) is 29.3 Å². The van der Waals surface area contributed by atoms with Crippen LogP contribution in [0.2, 0.25) is 10.0 Å². The van der Waals surface area contributed by atoms with Crippen molar-refractivity contribution in [3.63, 3.8) is 0 Å². The average Bonchev–Trinajstić information content (AvgIpc) is 3.05. The fourth-order valence-electron chi connectivity index (χ4n) is 1.82. The zero-order valence-electron chi connectivity index (χ0n) is 12.8. The second kappa shape index (κ2) is 8.57.